The number of aliphatic hydroxyl groups is 3. The second-order valence-corrected chi connectivity index (χ2v) is 6.98. The molecule has 0 amide bonds. The number of alkyl halides is 3. The van der Waals surface area contributed by atoms with Crippen molar-refractivity contribution in [1.29, 1.82) is 0 Å². The number of nitrogens with zero attached hydrogens (tertiary/aromatic N) is 5. The molecule has 32 heavy (non-hydrogen) atoms. The molecule has 0 radical (unpaired) electrons. The number of halogens is 3. The van der Waals surface area contributed by atoms with E-state index in [4.69, 9.17) is 10.5 Å². The summed E-state index contributed by atoms with van der Waals surface area (Å²) in [6, 6.07) is 4.37. The number of aliphatic hydroxyl groups excluding tert-OH is 3. The number of ether oxygens (including phenoxy) is 1. The summed E-state index contributed by atoms with van der Waals surface area (Å²) in [7, 11) is 0. The van der Waals surface area contributed by atoms with Crippen molar-refractivity contribution in [1.82, 2.24) is 19.5 Å². The molecule has 1 aliphatic heterocycles. The minimum atomic E-state index is -4.43. The van der Waals surface area contributed by atoms with Gasteiger partial charge in [-0.3, -0.25) is 4.57 Å². The number of nitrogen functional groups attached to an aromatic ring is 1. The van der Waals surface area contributed by atoms with E-state index >= 15 is 0 Å². The zero-order chi connectivity index (χ0) is 23.0. The van der Waals surface area contributed by atoms with Crippen LogP contribution in [-0.4, -0.2) is 66.0 Å². The monoisotopic (exact) mass is 453 g/mol. The second-order valence-electron chi connectivity index (χ2n) is 6.98. The predicted octanol–water partition coefficient (Wildman–Crippen LogP) is 0.485. The van der Waals surface area contributed by atoms with Crippen LogP contribution in [0.4, 0.5) is 24.9 Å². The number of nitrogens with two attached hydrogens (primary N) is 1. The molecule has 1 unspecified atom stereocenters. The molecular formula is C18H18F3N7O4. The van der Waals surface area contributed by atoms with Gasteiger partial charge in [0.2, 0.25) is 5.95 Å². The van der Waals surface area contributed by atoms with Crippen molar-refractivity contribution < 1.29 is 33.2 Å². The molecule has 1 saturated heterocycles. The Balaban J connectivity index is 1.55. The number of benzene rings is 1. The molecule has 4 rings (SSSR count). The molecule has 3 aromatic rings. The summed E-state index contributed by atoms with van der Waals surface area (Å²) in [4.78, 5) is 12.3. The van der Waals surface area contributed by atoms with E-state index < -0.39 is 42.9 Å². The number of aromatic nitrogens is 4. The Morgan fingerprint density at radius 1 is 1.19 bits per heavy atom. The van der Waals surface area contributed by atoms with Gasteiger partial charge in [0.05, 0.1) is 24.7 Å². The Morgan fingerprint density at radius 2 is 1.91 bits per heavy atom. The maximum Gasteiger partial charge on any atom is 0.416 e. The summed E-state index contributed by atoms with van der Waals surface area (Å²) in [6.45, 7) is -0.496. The van der Waals surface area contributed by atoms with E-state index in [1.807, 2.05) is 0 Å². The molecular weight excluding hydrogens is 435 g/mol. The molecule has 0 aliphatic carbocycles. The predicted molar refractivity (Wildman–Crippen MR) is 105 cm³/mol. The largest absolute Gasteiger partial charge is 0.416 e. The van der Waals surface area contributed by atoms with Gasteiger partial charge in [0.15, 0.2) is 17.7 Å². The number of hydrogen-bond donors (Lipinski definition) is 5. The van der Waals surface area contributed by atoms with Crippen molar-refractivity contribution in [2.45, 2.75) is 30.7 Å². The third kappa shape index (κ3) is 4.08. The number of rotatable bonds is 5. The summed E-state index contributed by atoms with van der Waals surface area (Å²) < 4.78 is 44.7. The summed E-state index contributed by atoms with van der Waals surface area (Å²) in [5.41, 5.74) is 8.43. The molecule has 4 atom stereocenters. The highest BCUT2D eigenvalue weighted by Gasteiger charge is 2.44. The maximum atomic E-state index is 12.6. The highest BCUT2D eigenvalue weighted by Crippen LogP contribution is 2.32. The van der Waals surface area contributed by atoms with Gasteiger partial charge in [-0.25, -0.2) is 10.4 Å². The fraction of sp³-hybridized carbons (Fsp3) is 0.333. The van der Waals surface area contributed by atoms with Crippen molar-refractivity contribution >= 4 is 29.1 Å². The van der Waals surface area contributed by atoms with E-state index in [1.54, 1.807) is 0 Å². The minimum absolute atomic E-state index is 0.00674. The molecule has 2 aromatic heterocycles. The van der Waals surface area contributed by atoms with Crippen LogP contribution in [0.2, 0.25) is 0 Å². The van der Waals surface area contributed by atoms with E-state index in [1.165, 1.54) is 29.2 Å². The summed E-state index contributed by atoms with van der Waals surface area (Å²) in [6.07, 6.45) is -6.59. The molecule has 14 heteroatoms. The van der Waals surface area contributed by atoms with E-state index in [9.17, 15) is 28.5 Å². The zero-order valence-corrected chi connectivity index (χ0v) is 16.2. The van der Waals surface area contributed by atoms with Gasteiger partial charge in [-0.15, -0.1) is 0 Å². The average Bonchev–Trinajstić information content (AvgIpc) is 3.29. The molecule has 170 valence electrons. The molecule has 0 spiro atoms. The topological polar surface area (TPSA) is 164 Å². The van der Waals surface area contributed by atoms with Crippen LogP contribution < -0.4 is 11.2 Å². The van der Waals surface area contributed by atoms with E-state index in [0.717, 1.165) is 12.1 Å². The lowest BCUT2D eigenvalue weighted by atomic mass is 10.1. The Bertz CT molecular complexity index is 1140. The van der Waals surface area contributed by atoms with Crippen LogP contribution >= 0.6 is 0 Å². The van der Waals surface area contributed by atoms with Gasteiger partial charge in [0.1, 0.15) is 23.8 Å². The van der Waals surface area contributed by atoms with Gasteiger partial charge in [-0.05, 0) is 17.7 Å². The van der Waals surface area contributed by atoms with Gasteiger partial charge in [0.25, 0.3) is 0 Å². The van der Waals surface area contributed by atoms with Gasteiger partial charge in [-0.2, -0.15) is 28.2 Å². The fourth-order valence-corrected chi connectivity index (χ4v) is 3.21. The van der Waals surface area contributed by atoms with Gasteiger partial charge in [-0.1, -0.05) is 12.1 Å². The van der Waals surface area contributed by atoms with Crippen LogP contribution in [0.1, 0.15) is 17.4 Å². The summed E-state index contributed by atoms with van der Waals surface area (Å²) >= 11 is 0. The Labute approximate surface area is 178 Å². The van der Waals surface area contributed by atoms with Crippen molar-refractivity contribution in [2.24, 2.45) is 5.10 Å². The van der Waals surface area contributed by atoms with Crippen molar-refractivity contribution in [3.63, 3.8) is 0 Å². The molecule has 11 nitrogen and oxygen atoms in total. The smallest absolute Gasteiger partial charge is 0.394 e. The Kier molecular flexibility index (Phi) is 5.68. The highest BCUT2D eigenvalue weighted by molar-refractivity contribution is 5.83. The maximum absolute atomic E-state index is 12.6. The quantitative estimate of drug-likeness (QED) is 0.273. The van der Waals surface area contributed by atoms with Crippen molar-refractivity contribution in [3.05, 3.63) is 41.7 Å². The number of anilines is 2. The van der Waals surface area contributed by atoms with Gasteiger partial charge < -0.3 is 25.8 Å². The van der Waals surface area contributed by atoms with E-state index in [2.05, 4.69) is 25.5 Å². The fourth-order valence-electron chi connectivity index (χ4n) is 3.21. The first-order chi connectivity index (χ1) is 15.2. The lowest BCUT2D eigenvalue weighted by molar-refractivity contribution is -0.137. The van der Waals surface area contributed by atoms with Gasteiger partial charge >= 0.3 is 6.18 Å². The average molecular weight is 453 g/mol. The van der Waals surface area contributed by atoms with E-state index in [0.29, 0.717) is 5.56 Å². The first-order valence-electron chi connectivity index (χ1n) is 9.28. The van der Waals surface area contributed by atoms with Crippen LogP contribution in [0.5, 0.6) is 0 Å². The SMILES string of the molecule is Nc1nc(N/N=C/c2ccc(C(F)(F)F)cc2)nc2c1ncn2[C@@H]1O[C@H](CO)[C@H](O)C1O. The van der Waals surface area contributed by atoms with Crippen molar-refractivity contribution in [2.75, 3.05) is 17.8 Å². The molecule has 3 heterocycles. The second kappa shape index (κ2) is 8.31. The number of imidazole rings is 1. The third-order valence-electron chi connectivity index (χ3n) is 4.86. The number of nitrogens with one attached hydrogen (secondary N) is 1. The van der Waals surface area contributed by atoms with Crippen molar-refractivity contribution in [3.8, 4) is 0 Å². The number of hydrogen-bond acceptors (Lipinski definition) is 10. The Hall–Kier alpha value is -3.33. The molecule has 0 bridgehead atoms. The van der Waals surface area contributed by atoms with Crippen LogP contribution in [0.15, 0.2) is 35.7 Å². The van der Waals surface area contributed by atoms with Crippen LogP contribution in [0, 0.1) is 0 Å². The molecule has 0 saturated carbocycles. The van der Waals surface area contributed by atoms with Gasteiger partial charge in [0, 0.05) is 0 Å². The molecule has 1 aromatic carbocycles. The minimum Gasteiger partial charge on any atom is -0.394 e. The number of fused-ring (bicyclic) bond motifs is 1. The molecule has 1 aliphatic rings. The van der Waals surface area contributed by atoms with E-state index in [-0.39, 0.29) is 22.9 Å². The van der Waals surface area contributed by atoms with Crippen LogP contribution in [-0.2, 0) is 10.9 Å². The normalized spacial score (nSPS) is 23.9. The molecule has 6 N–H and O–H groups in total. The number of hydrazone groups is 1. The summed E-state index contributed by atoms with van der Waals surface area (Å²) in [5, 5.41) is 33.4. The molecule has 1 fully saturated rings. The Morgan fingerprint density at radius 3 is 2.53 bits per heavy atom. The third-order valence-corrected chi connectivity index (χ3v) is 4.86. The zero-order valence-electron chi connectivity index (χ0n) is 16.2. The van der Waals surface area contributed by atoms with Crippen LogP contribution in [0.3, 0.4) is 0 Å². The standard InChI is InChI=1S/C18H18F3N7O4/c19-18(20,21)9-3-1-8(2-4-9)5-24-27-17-25-14(22)11-15(26-17)28(7-23-11)16-13(31)12(30)10(6-29)32-16/h1-5,7,10,12-13,16,29-31H,6H2,(H3,22,25,26,27)/b24-5+/t10-,12+,13?,16-/m1/s1. The first kappa shape index (κ1) is 21.9. The first-order valence-corrected chi connectivity index (χ1v) is 9.28. The lowest BCUT2D eigenvalue weighted by Gasteiger charge is -2.16. The lowest BCUT2D eigenvalue weighted by Crippen LogP contribution is -2.33. The van der Waals surface area contributed by atoms with Crippen LogP contribution in [0.25, 0.3) is 11.2 Å². The summed E-state index contributed by atoms with van der Waals surface area (Å²) in [5.74, 6) is -0.0561. The highest BCUT2D eigenvalue weighted by atomic mass is 19.4.